The van der Waals surface area contributed by atoms with Crippen molar-refractivity contribution in [3.63, 3.8) is 0 Å². The van der Waals surface area contributed by atoms with Crippen LogP contribution in [0.1, 0.15) is 25.5 Å². The average Bonchev–Trinajstić information content (AvgIpc) is 2.26. The van der Waals surface area contributed by atoms with Crippen LogP contribution in [0.4, 0.5) is 0 Å². The number of nitrogens with two attached hydrogens (primary N) is 1. The highest BCUT2D eigenvalue weighted by Crippen LogP contribution is 2.22. The van der Waals surface area contributed by atoms with Gasteiger partial charge in [-0.15, -0.1) is 0 Å². The highest BCUT2D eigenvalue weighted by atomic mass is 35.5. The lowest BCUT2D eigenvalue weighted by atomic mass is 10.1. The van der Waals surface area contributed by atoms with E-state index in [-0.39, 0.29) is 11.9 Å². The summed E-state index contributed by atoms with van der Waals surface area (Å²) in [6.07, 6.45) is 0. The van der Waals surface area contributed by atoms with Gasteiger partial charge in [-0.05, 0) is 31.5 Å². The van der Waals surface area contributed by atoms with Gasteiger partial charge in [-0.2, -0.15) is 0 Å². The molecule has 0 aliphatic heterocycles. The van der Waals surface area contributed by atoms with Crippen molar-refractivity contribution in [2.45, 2.75) is 25.9 Å². The van der Waals surface area contributed by atoms with E-state index in [1.54, 1.807) is 18.9 Å². The Kier molecular flexibility index (Phi) is 4.33. The predicted molar refractivity (Wildman–Crippen MR) is 66.3 cm³/mol. The molecule has 0 bridgehead atoms. The minimum atomic E-state index is -0.480. The standard InChI is InChI=1S/C12H17ClN2O/c1-8(14)12(16)15(3)9(2)10-5-4-6-11(13)7-10/h4-9H,14H2,1-3H3/t8-,9-/m0/s1. The molecular formula is C12H17ClN2O. The number of hydrogen-bond donors (Lipinski definition) is 1. The second-order valence-corrected chi connectivity index (χ2v) is 4.41. The molecule has 0 radical (unpaired) electrons. The molecule has 0 unspecified atom stereocenters. The molecule has 0 aliphatic rings. The number of rotatable bonds is 3. The number of hydrogen-bond acceptors (Lipinski definition) is 2. The molecule has 2 atom stereocenters. The van der Waals surface area contributed by atoms with Gasteiger partial charge >= 0.3 is 0 Å². The third-order valence-electron chi connectivity index (χ3n) is 2.65. The highest BCUT2D eigenvalue weighted by molar-refractivity contribution is 6.30. The van der Waals surface area contributed by atoms with Gasteiger partial charge in [0.25, 0.3) is 0 Å². The van der Waals surface area contributed by atoms with Crippen molar-refractivity contribution in [3.05, 3.63) is 34.9 Å². The molecule has 0 fully saturated rings. The minimum absolute atomic E-state index is 0.0304. The number of carbonyl (C=O) groups is 1. The van der Waals surface area contributed by atoms with Crippen molar-refractivity contribution >= 4 is 17.5 Å². The van der Waals surface area contributed by atoms with Gasteiger partial charge < -0.3 is 10.6 Å². The summed E-state index contributed by atoms with van der Waals surface area (Å²) in [5, 5.41) is 0.672. The first-order chi connectivity index (χ1) is 7.43. The van der Waals surface area contributed by atoms with Crippen LogP contribution in [0.15, 0.2) is 24.3 Å². The van der Waals surface area contributed by atoms with Gasteiger partial charge in [0.05, 0.1) is 12.1 Å². The zero-order valence-corrected chi connectivity index (χ0v) is 10.5. The maximum Gasteiger partial charge on any atom is 0.239 e. The highest BCUT2D eigenvalue weighted by Gasteiger charge is 2.19. The van der Waals surface area contributed by atoms with Crippen LogP contribution in [0.25, 0.3) is 0 Å². The number of amides is 1. The summed E-state index contributed by atoms with van der Waals surface area (Å²) in [6, 6.07) is 6.98. The van der Waals surface area contributed by atoms with Crippen LogP contribution < -0.4 is 5.73 Å². The third kappa shape index (κ3) is 2.97. The molecule has 0 aliphatic carbocycles. The van der Waals surface area contributed by atoms with Crippen LogP contribution in [0.3, 0.4) is 0 Å². The molecule has 1 amide bonds. The van der Waals surface area contributed by atoms with Gasteiger partial charge in [0, 0.05) is 12.1 Å². The second-order valence-electron chi connectivity index (χ2n) is 3.97. The van der Waals surface area contributed by atoms with Crippen molar-refractivity contribution < 1.29 is 4.79 Å². The average molecular weight is 241 g/mol. The maximum absolute atomic E-state index is 11.7. The molecule has 2 N–H and O–H groups in total. The maximum atomic E-state index is 11.7. The Balaban J connectivity index is 2.85. The van der Waals surface area contributed by atoms with Crippen molar-refractivity contribution in [1.82, 2.24) is 4.90 Å². The van der Waals surface area contributed by atoms with E-state index in [2.05, 4.69) is 0 Å². The van der Waals surface area contributed by atoms with Gasteiger partial charge in [-0.25, -0.2) is 0 Å². The summed E-state index contributed by atoms with van der Waals surface area (Å²) in [7, 11) is 1.75. The third-order valence-corrected chi connectivity index (χ3v) is 2.88. The Morgan fingerprint density at radius 2 is 2.06 bits per heavy atom. The van der Waals surface area contributed by atoms with E-state index in [1.165, 1.54) is 0 Å². The summed E-state index contributed by atoms with van der Waals surface area (Å²) >= 11 is 5.91. The first-order valence-electron chi connectivity index (χ1n) is 5.21. The molecule has 1 aromatic carbocycles. The molecule has 4 heteroatoms. The summed E-state index contributed by atoms with van der Waals surface area (Å²) in [5.41, 5.74) is 6.57. The van der Waals surface area contributed by atoms with Crippen molar-refractivity contribution in [3.8, 4) is 0 Å². The molecule has 88 valence electrons. The van der Waals surface area contributed by atoms with Crippen LogP contribution in [0.5, 0.6) is 0 Å². The molecule has 0 saturated heterocycles. The van der Waals surface area contributed by atoms with Crippen molar-refractivity contribution in [2.24, 2.45) is 5.73 Å². The monoisotopic (exact) mass is 240 g/mol. The Morgan fingerprint density at radius 3 is 2.56 bits per heavy atom. The topological polar surface area (TPSA) is 46.3 Å². The van der Waals surface area contributed by atoms with Crippen molar-refractivity contribution in [1.29, 1.82) is 0 Å². The smallest absolute Gasteiger partial charge is 0.239 e. The zero-order valence-electron chi connectivity index (χ0n) is 9.77. The van der Waals surface area contributed by atoms with E-state index < -0.39 is 6.04 Å². The van der Waals surface area contributed by atoms with Crippen LogP contribution in [0, 0.1) is 0 Å². The van der Waals surface area contributed by atoms with Crippen LogP contribution in [0.2, 0.25) is 5.02 Å². The largest absolute Gasteiger partial charge is 0.338 e. The Morgan fingerprint density at radius 1 is 1.44 bits per heavy atom. The molecule has 0 heterocycles. The zero-order chi connectivity index (χ0) is 12.3. The van der Waals surface area contributed by atoms with E-state index in [0.29, 0.717) is 5.02 Å². The fourth-order valence-electron chi connectivity index (χ4n) is 1.50. The summed E-state index contributed by atoms with van der Waals surface area (Å²) < 4.78 is 0. The number of halogens is 1. The quantitative estimate of drug-likeness (QED) is 0.881. The Labute approximate surface area is 101 Å². The van der Waals surface area contributed by atoms with Gasteiger partial charge in [0.1, 0.15) is 0 Å². The normalized spacial score (nSPS) is 14.3. The number of likely N-dealkylation sites (N-methyl/N-ethyl adjacent to an activating group) is 1. The molecule has 1 aromatic rings. The molecule has 1 rings (SSSR count). The van der Waals surface area contributed by atoms with Crippen LogP contribution >= 0.6 is 11.6 Å². The fraction of sp³-hybridized carbons (Fsp3) is 0.417. The lowest BCUT2D eigenvalue weighted by Gasteiger charge is -2.27. The van der Waals surface area contributed by atoms with E-state index >= 15 is 0 Å². The van der Waals surface area contributed by atoms with Crippen LogP contribution in [-0.4, -0.2) is 23.9 Å². The number of benzene rings is 1. The van der Waals surface area contributed by atoms with Gasteiger partial charge in [-0.3, -0.25) is 4.79 Å². The first kappa shape index (κ1) is 13.0. The minimum Gasteiger partial charge on any atom is -0.338 e. The SMILES string of the molecule is C[C@H](N)C(=O)N(C)[C@@H](C)c1cccc(Cl)c1. The summed E-state index contributed by atoms with van der Waals surface area (Å²) in [5.74, 6) is -0.0764. The number of carbonyl (C=O) groups excluding carboxylic acids is 1. The van der Waals surface area contributed by atoms with Crippen molar-refractivity contribution in [2.75, 3.05) is 7.05 Å². The van der Waals surface area contributed by atoms with E-state index in [9.17, 15) is 4.79 Å². The van der Waals surface area contributed by atoms with E-state index in [0.717, 1.165) is 5.56 Å². The summed E-state index contributed by atoms with van der Waals surface area (Å²) in [6.45, 7) is 3.63. The molecule has 3 nitrogen and oxygen atoms in total. The molecule has 16 heavy (non-hydrogen) atoms. The van der Waals surface area contributed by atoms with E-state index in [1.807, 2.05) is 31.2 Å². The molecule has 0 aromatic heterocycles. The fourth-order valence-corrected chi connectivity index (χ4v) is 1.70. The molecule has 0 spiro atoms. The molecule has 0 saturated carbocycles. The Bertz CT molecular complexity index is 379. The number of nitrogens with zero attached hydrogens (tertiary/aromatic N) is 1. The Hall–Kier alpha value is -1.06. The summed E-state index contributed by atoms with van der Waals surface area (Å²) in [4.78, 5) is 13.3. The lowest BCUT2D eigenvalue weighted by molar-refractivity contribution is -0.132. The lowest BCUT2D eigenvalue weighted by Crippen LogP contribution is -2.40. The van der Waals surface area contributed by atoms with Gasteiger partial charge in [0.15, 0.2) is 0 Å². The van der Waals surface area contributed by atoms with Gasteiger partial charge in [-0.1, -0.05) is 23.7 Å². The second kappa shape index (κ2) is 5.32. The predicted octanol–water partition coefficient (Wildman–Crippen LogP) is 2.21. The van der Waals surface area contributed by atoms with Gasteiger partial charge in [0.2, 0.25) is 5.91 Å². The van der Waals surface area contributed by atoms with E-state index in [4.69, 9.17) is 17.3 Å². The first-order valence-corrected chi connectivity index (χ1v) is 5.59. The molecular weight excluding hydrogens is 224 g/mol. The van der Waals surface area contributed by atoms with Crippen LogP contribution in [-0.2, 0) is 4.79 Å².